The number of nitrogens with zero attached hydrogens (tertiary/aromatic N) is 2. The van der Waals surface area contributed by atoms with E-state index in [1.54, 1.807) is 14.2 Å². The monoisotopic (exact) mass is 311 g/mol. The number of fused-ring (bicyclic) bond motifs is 1. The van der Waals surface area contributed by atoms with Gasteiger partial charge in [0.15, 0.2) is 11.5 Å². The minimum absolute atomic E-state index is 0.0638. The van der Waals surface area contributed by atoms with Crippen LogP contribution in [0.5, 0.6) is 11.5 Å². The van der Waals surface area contributed by atoms with Crippen LogP contribution in [0.3, 0.4) is 0 Å². The van der Waals surface area contributed by atoms with Crippen molar-refractivity contribution in [3.63, 3.8) is 0 Å². The number of methoxy groups -OCH3 is 2. The van der Waals surface area contributed by atoms with E-state index in [1.807, 2.05) is 16.7 Å². The fourth-order valence-electron chi connectivity index (χ4n) is 2.20. The van der Waals surface area contributed by atoms with Crippen LogP contribution in [0.15, 0.2) is 12.1 Å². The summed E-state index contributed by atoms with van der Waals surface area (Å²) < 4.78 is 12.6. The van der Waals surface area contributed by atoms with Gasteiger partial charge in [-0.15, -0.1) is 11.6 Å². The number of ether oxygens (including phenoxy) is 2. The number of hydrogen-bond acceptors (Lipinski definition) is 4. The molecule has 7 heteroatoms. The SMILES string of the molecule is COc1cc2nc(CCl)n(CCNC(C)=O)c2cc1OC. The smallest absolute Gasteiger partial charge is 0.216 e. The molecule has 2 aromatic rings. The van der Waals surface area contributed by atoms with Crippen LogP contribution in [0, 0.1) is 0 Å². The maximum atomic E-state index is 11.0. The average Bonchev–Trinajstić information content (AvgIpc) is 2.82. The van der Waals surface area contributed by atoms with Crippen molar-refractivity contribution < 1.29 is 14.3 Å². The average molecular weight is 312 g/mol. The zero-order chi connectivity index (χ0) is 15.4. The van der Waals surface area contributed by atoms with Crippen LogP contribution in [0.1, 0.15) is 12.7 Å². The zero-order valence-electron chi connectivity index (χ0n) is 12.3. The molecule has 0 unspecified atom stereocenters. The van der Waals surface area contributed by atoms with Gasteiger partial charge in [0.05, 0.1) is 31.1 Å². The summed E-state index contributed by atoms with van der Waals surface area (Å²) in [6, 6.07) is 3.68. The number of imidazole rings is 1. The molecule has 0 radical (unpaired) electrons. The lowest BCUT2D eigenvalue weighted by Gasteiger charge is -2.10. The molecular weight excluding hydrogens is 294 g/mol. The molecule has 1 aromatic carbocycles. The van der Waals surface area contributed by atoms with Gasteiger partial charge in [-0.25, -0.2) is 4.98 Å². The number of aromatic nitrogens is 2. The van der Waals surface area contributed by atoms with E-state index < -0.39 is 0 Å². The molecule has 2 rings (SSSR count). The highest BCUT2D eigenvalue weighted by molar-refractivity contribution is 6.16. The van der Waals surface area contributed by atoms with E-state index in [0.29, 0.717) is 30.5 Å². The van der Waals surface area contributed by atoms with Crippen molar-refractivity contribution in [3.8, 4) is 11.5 Å². The third-order valence-corrected chi connectivity index (χ3v) is 3.40. The molecule has 1 aromatic heterocycles. The van der Waals surface area contributed by atoms with Crippen molar-refractivity contribution in [2.75, 3.05) is 20.8 Å². The minimum Gasteiger partial charge on any atom is -0.493 e. The van der Waals surface area contributed by atoms with Gasteiger partial charge in [0.1, 0.15) is 5.82 Å². The first-order valence-corrected chi connectivity index (χ1v) is 7.05. The highest BCUT2D eigenvalue weighted by atomic mass is 35.5. The highest BCUT2D eigenvalue weighted by Crippen LogP contribution is 2.32. The molecule has 0 bridgehead atoms. The van der Waals surface area contributed by atoms with E-state index in [9.17, 15) is 4.79 Å². The Morgan fingerprint density at radius 3 is 2.57 bits per heavy atom. The van der Waals surface area contributed by atoms with Gasteiger partial charge in [-0.3, -0.25) is 4.79 Å². The standard InChI is InChI=1S/C14H18ClN3O3/c1-9(19)16-4-5-18-11-7-13(21-3)12(20-2)6-10(11)17-14(18)8-15/h6-7H,4-5,8H2,1-3H3,(H,16,19). The fraction of sp³-hybridized carbons (Fsp3) is 0.429. The number of alkyl halides is 1. The van der Waals surface area contributed by atoms with Gasteiger partial charge in [0.2, 0.25) is 5.91 Å². The van der Waals surface area contributed by atoms with Crippen molar-refractivity contribution in [3.05, 3.63) is 18.0 Å². The van der Waals surface area contributed by atoms with Gasteiger partial charge in [0, 0.05) is 32.1 Å². The van der Waals surface area contributed by atoms with E-state index in [4.69, 9.17) is 21.1 Å². The summed E-state index contributed by atoms with van der Waals surface area (Å²) in [6.45, 7) is 2.59. The number of halogens is 1. The van der Waals surface area contributed by atoms with Crippen molar-refractivity contribution in [2.45, 2.75) is 19.3 Å². The Balaban J connectivity index is 2.43. The van der Waals surface area contributed by atoms with Crippen molar-refractivity contribution in [1.29, 1.82) is 0 Å². The number of benzene rings is 1. The van der Waals surface area contributed by atoms with E-state index in [2.05, 4.69) is 10.3 Å². The molecule has 1 N–H and O–H groups in total. The lowest BCUT2D eigenvalue weighted by molar-refractivity contribution is -0.118. The largest absolute Gasteiger partial charge is 0.493 e. The number of carbonyl (C=O) groups excluding carboxylic acids is 1. The number of carbonyl (C=O) groups is 1. The van der Waals surface area contributed by atoms with Crippen LogP contribution in [0.25, 0.3) is 11.0 Å². The first-order chi connectivity index (χ1) is 10.1. The molecule has 114 valence electrons. The minimum atomic E-state index is -0.0638. The second-order valence-corrected chi connectivity index (χ2v) is 4.76. The Hall–Kier alpha value is -1.95. The molecule has 0 fully saturated rings. The molecule has 0 saturated carbocycles. The number of hydrogen-bond donors (Lipinski definition) is 1. The summed E-state index contributed by atoms with van der Waals surface area (Å²) in [6.07, 6.45) is 0. The zero-order valence-corrected chi connectivity index (χ0v) is 13.0. The maximum absolute atomic E-state index is 11.0. The van der Waals surface area contributed by atoms with Gasteiger partial charge in [-0.1, -0.05) is 0 Å². The van der Waals surface area contributed by atoms with E-state index in [-0.39, 0.29) is 5.91 Å². The number of rotatable bonds is 6. The Morgan fingerprint density at radius 1 is 1.33 bits per heavy atom. The molecule has 0 atom stereocenters. The normalized spacial score (nSPS) is 10.7. The quantitative estimate of drug-likeness (QED) is 0.828. The first-order valence-electron chi connectivity index (χ1n) is 6.52. The van der Waals surface area contributed by atoms with Crippen molar-refractivity contribution >= 4 is 28.5 Å². The lowest BCUT2D eigenvalue weighted by atomic mass is 10.2. The Labute approximate surface area is 128 Å². The predicted molar refractivity (Wildman–Crippen MR) is 81.1 cm³/mol. The second-order valence-electron chi connectivity index (χ2n) is 4.49. The summed E-state index contributed by atoms with van der Waals surface area (Å²) in [4.78, 5) is 15.5. The third-order valence-electron chi connectivity index (χ3n) is 3.16. The number of nitrogens with one attached hydrogen (secondary N) is 1. The second kappa shape index (κ2) is 6.67. The van der Waals surface area contributed by atoms with Gasteiger partial charge in [-0.2, -0.15) is 0 Å². The molecule has 6 nitrogen and oxygen atoms in total. The molecule has 1 heterocycles. The van der Waals surface area contributed by atoms with E-state index in [0.717, 1.165) is 16.9 Å². The molecule has 1 amide bonds. The fourth-order valence-corrected chi connectivity index (χ4v) is 2.40. The van der Waals surface area contributed by atoms with Crippen LogP contribution in [-0.4, -0.2) is 36.2 Å². The van der Waals surface area contributed by atoms with Gasteiger partial charge < -0.3 is 19.4 Å². The van der Waals surface area contributed by atoms with E-state index in [1.165, 1.54) is 6.92 Å². The highest BCUT2D eigenvalue weighted by Gasteiger charge is 2.14. The Morgan fingerprint density at radius 2 is 2.00 bits per heavy atom. The molecule has 0 aliphatic rings. The molecule has 0 saturated heterocycles. The topological polar surface area (TPSA) is 65.4 Å². The molecule has 0 aliphatic heterocycles. The summed E-state index contributed by atoms with van der Waals surface area (Å²) in [7, 11) is 3.17. The van der Waals surface area contributed by atoms with Crippen LogP contribution in [0.4, 0.5) is 0 Å². The first kappa shape index (κ1) is 15.4. The van der Waals surface area contributed by atoms with Crippen LogP contribution < -0.4 is 14.8 Å². The Bertz CT molecular complexity index is 654. The third kappa shape index (κ3) is 3.21. The molecule has 21 heavy (non-hydrogen) atoms. The summed E-state index contributed by atoms with van der Waals surface area (Å²) in [5.41, 5.74) is 1.68. The molecule has 0 aliphatic carbocycles. The van der Waals surface area contributed by atoms with E-state index >= 15 is 0 Å². The predicted octanol–water partition coefficient (Wildman–Crippen LogP) is 1.93. The van der Waals surface area contributed by atoms with Crippen molar-refractivity contribution in [1.82, 2.24) is 14.9 Å². The Kier molecular flexibility index (Phi) is 4.90. The lowest BCUT2D eigenvalue weighted by Crippen LogP contribution is -2.24. The molecule has 0 spiro atoms. The maximum Gasteiger partial charge on any atom is 0.216 e. The molecular formula is C14H18ClN3O3. The van der Waals surface area contributed by atoms with Crippen molar-refractivity contribution in [2.24, 2.45) is 0 Å². The van der Waals surface area contributed by atoms with Gasteiger partial charge >= 0.3 is 0 Å². The van der Waals surface area contributed by atoms with Crippen LogP contribution in [-0.2, 0) is 17.2 Å². The summed E-state index contributed by atoms with van der Waals surface area (Å²) in [5.74, 6) is 2.22. The summed E-state index contributed by atoms with van der Waals surface area (Å²) in [5, 5.41) is 2.76. The summed E-state index contributed by atoms with van der Waals surface area (Å²) >= 11 is 5.96. The van der Waals surface area contributed by atoms with Gasteiger partial charge in [0.25, 0.3) is 0 Å². The number of amides is 1. The van der Waals surface area contributed by atoms with Crippen LogP contribution >= 0.6 is 11.6 Å². The van der Waals surface area contributed by atoms with Crippen LogP contribution in [0.2, 0.25) is 0 Å². The van der Waals surface area contributed by atoms with Gasteiger partial charge in [-0.05, 0) is 0 Å².